The fraction of sp³-hybridized carbons (Fsp3) is 0.231. The third-order valence-electron chi connectivity index (χ3n) is 2.39. The molecular formula is C13H11F3N2O2S. The number of hydrogen-bond acceptors (Lipinski definition) is 4. The minimum absolute atomic E-state index is 0.338. The number of aryl methyl sites for hydroxylation is 1. The van der Waals surface area contributed by atoms with Crippen LogP contribution in [0.15, 0.2) is 29.6 Å². The Bertz CT molecular complexity index is 640. The highest BCUT2D eigenvalue weighted by atomic mass is 32.1. The quantitative estimate of drug-likeness (QED) is 0.922. The molecule has 2 rings (SSSR count). The number of aromatic nitrogens is 1. The molecule has 0 aliphatic rings. The third-order valence-corrected chi connectivity index (χ3v) is 3.16. The smallest absolute Gasteiger partial charge is 0.422 e. The maximum atomic E-state index is 11.9. The van der Waals surface area contributed by atoms with Crippen molar-refractivity contribution in [1.82, 2.24) is 4.98 Å². The van der Waals surface area contributed by atoms with Crippen LogP contribution in [-0.4, -0.2) is 23.9 Å². The summed E-state index contributed by atoms with van der Waals surface area (Å²) in [6, 6.07) is 6.63. The Morgan fingerprint density at radius 3 is 2.81 bits per heavy atom. The van der Waals surface area contributed by atoms with Gasteiger partial charge in [0.25, 0.3) is 0 Å². The van der Waals surface area contributed by atoms with E-state index in [9.17, 15) is 18.0 Å². The second-order valence-electron chi connectivity index (χ2n) is 4.15. The van der Waals surface area contributed by atoms with E-state index in [0.29, 0.717) is 5.69 Å². The van der Waals surface area contributed by atoms with Crippen molar-refractivity contribution >= 4 is 23.1 Å². The summed E-state index contributed by atoms with van der Waals surface area (Å²) >= 11 is 1.48. The minimum atomic E-state index is -4.54. The molecule has 0 fully saturated rings. The molecule has 21 heavy (non-hydrogen) atoms. The number of anilines is 1. The first-order chi connectivity index (χ1) is 9.83. The van der Waals surface area contributed by atoms with Crippen LogP contribution >= 0.6 is 11.3 Å². The lowest BCUT2D eigenvalue weighted by Gasteiger charge is -2.09. The zero-order valence-corrected chi connectivity index (χ0v) is 11.7. The second kappa shape index (κ2) is 6.13. The Hall–Kier alpha value is -2.09. The number of halogens is 3. The molecule has 1 aromatic carbocycles. The van der Waals surface area contributed by atoms with Gasteiger partial charge in [-0.15, -0.1) is 11.3 Å². The van der Waals surface area contributed by atoms with Gasteiger partial charge >= 0.3 is 12.3 Å². The summed E-state index contributed by atoms with van der Waals surface area (Å²) in [6.07, 6.45) is -5.70. The molecular weight excluding hydrogens is 305 g/mol. The molecule has 0 aliphatic carbocycles. The molecule has 1 N–H and O–H groups in total. The Kier molecular flexibility index (Phi) is 4.46. The fourth-order valence-corrected chi connectivity index (χ4v) is 2.18. The van der Waals surface area contributed by atoms with E-state index in [1.165, 1.54) is 11.3 Å². The van der Waals surface area contributed by atoms with Gasteiger partial charge in [0.2, 0.25) is 0 Å². The second-order valence-corrected chi connectivity index (χ2v) is 5.21. The molecule has 1 amide bonds. The lowest BCUT2D eigenvalue weighted by Crippen LogP contribution is -2.23. The van der Waals surface area contributed by atoms with Crippen molar-refractivity contribution in [1.29, 1.82) is 0 Å². The molecule has 8 heteroatoms. The van der Waals surface area contributed by atoms with E-state index >= 15 is 0 Å². The summed E-state index contributed by atoms with van der Waals surface area (Å²) in [7, 11) is 0. The summed E-state index contributed by atoms with van der Waals surface area (Å²) in [6.45, 7) is 0.245. The van der Waals surface area contributed by atoms with E-state index in [0.717, 1.165) is 16.3 Å². The van der Waals surface area contributed by atoms with Gasteiger partial charge in [-0.05, 0) is 19.1 Å². The number of amides is 1. The number of nitrogens with one attached hydrogen (secondary N) is 1. The van der Waals surface area contributed by atoms with Crippen LogP contribution in [-0.2, 0) is 4.74 Å². The number of hydrogen-bond donors (Lipinski definition) is 1. The molecule has 112 valence electrons. The number of carbonyl (C=O) groups is 1. The monoisotopic (exact) mass is 316 g/mol. The lowest BCUT2D eigenvalue weighted by molar-refractivity contribution is -0.159. The summed E-state index contributed by atoms with van der Waals surface area (Å²) in [5.41, 5.74) is 1.84. The highest BCUT2D eigenvalue weighted by Crippen LogP contribution is 2.24. The first-order valence-corrected chi connectivity index (χ1v) is 6.74. The van der Waals surface area contributed by atoms with Crippen LogP contribution in [0.4, 0.5) is 23.7 Å². The Morgan fingerprint density at radius 1 is 1.43 bits per heavy atom. The number of benzene rings is 1. The van der Waals surface area contributed by atoms with Crippen molar-refractivity contribution in [3.8, 4) is 11.3 Å². The van der Waals surface area contributed by atoms with E-state index in [-0.39, 0.29) is 0 Å². The highest BCUT2D eigenvalue weighted by molar-refractivity contribution is 7.09. The Morgan fingerprint density at radius 2 is 2.19 bits per heavy atom. The summed E-state index contributed by atoms with van der Waals surface area (Å²) < 4.78 is 39.9. The average Bonchev–Trinajstić information content (AvgIpc) is 2.83. The molecule has 0 saturated heterocycles. The molecule has 0 aliphatic heterocycles. The van der Waals surface area contributed by atoms with Gasteiger partial charge in [-0.1, -0.05) is 12.1 Å². The molecule has 0 atom stereocenters. The third kappa shape index (κ3) is 4.75. The zero-order valence-electron chi connectivity index (χ0n) is 10.9. The van der Waals surface area contributed by atoms with Gasteiger partial charge in [0.1, 0.15) is 0 Å². The number of nitrogens with zero attached hydrogens (tertiary/aromatic N) is 1. The topological polar surface area (TPSA) is 51.2 Å². The molecule has 0 spiro atoms. The van der Waals surface area contributed by atoms with Gasteiger partial charge in [0, 0.05) is 16.6 Å². The average molecular weight is 316 g/mol. The van der Waals surface area contributed by atoms with Crippen LogP contribution < -0.4 is 5.32 Å². The van der Waals surface area contributed by atoms with Crippen molar-refractivity contribution in [2.45, 2.75) is 13.1 Å². The molecule has 0 radical (unpaired) electrons. The maximum absolute atomic E-state index is 11.9. The van der Waals surface area contributed by atoms with Gasteiger partial charge in [0.05, 0.1) is 10.7 Å². The lowest BCUT2D eigenvalue weighted by atomic mass is 10.1. The SMILES string of the molecule is Cc1nc(-c2cccc(NC(=O)OCC(F)(F)F)c2)cs1. The van der Waals surface area contributed by atoms with Gasteiger partial charge in [-0.2, -0.15) is 13.2 Å². The van der Waals surface area contributed by atoms with Crippen LogP contribution in [0.5, 0.6) is 0 Å². The molecule has 4 nitrogen and oxygen atoms in total. The number of rotatable bonds is 3. The van der Waals surface area contributed by atoms with Gasteiger partial charge < -0.3 is 4.74 Å². The van der Waals surface area contributed by atoms with Gasteiger partial charge in [-0.25, -0.2) is 9.78 Å². The van der Waals surface area contributed by atoms with Crippen LogP contribution in [0.1, 0.15) is 5.01 Å². The summed E-state index contributed by atoms with van der Waals surface area (Å²) in [5, 5.41) is 5.00. The molecule has 0 bridgehead atoms. The standard InChI is InChI=1S/C13H11F3N2O2S/c1-8-17-11(6-21-8)9-3-2-4-10(5-9)18-12(19)20-7-13(14,15)16/h2-6H,7H2,1H3,(H,18,19). The largest absolute Gasteiger partial charge is 0.440 e. The fourth-order valence-electron chi connectivity index (χ4n) is 1.55. The predicted octanol–water partition coefficient (Wildman–Crippen LogP) is 4.23. The Balaban J connectivity index is 2.03. The number of thiazole rings is 1. The van der Waals surface area contributed by atoms with Gasteiger partial charge in [0.15, 0.2) is 6.61 Å². The van der Waals surface area contributed by atoms with E-state index in [4.69, 9.17) is 0 Å². The van der Waals surface area contributed by atoms with Crippen LogP contribution in [0.3, 0.4) is 0 Å². The number of carbonyl (C=O) groups excluding carboxylic acids is 1. The number of alkyl halides is 3. The molecule has 0 unspecified atom stereocenters. The van der Waals surface area contributed by atoms with Crippen molar-refractivity contribution in [3.63, 3.8) is 0 Å². The summed E-state index contributed by atoms with van der Waals surface area (Å²) in [4.78, 5) is 15.6. The summed E-state index contributed by atoms with van der Waals surface area (Å²) in [5.74, 6) is 0. The predicted molar refractivity (Wildman–Crippen MR) is 73.3 cm³/mol. The van der Waals surface area contributed by atoms with E-state index < -0.39 is 18.9 Å². The van der Waals surface area contributed by atoms with Crippen molar-refractivity contribution in [2.24, 2.45) is 0 Å². The Labute approximate surface area is 122 Å². The van der Waals surface area contributed by atoms with E-state index in [1.54, 1.807) is 24.3 Å². The molecule has 1 aromatic heterocycles. The zero-order chi connectivity index (χ0) is 15.5. The normalized spacial score (nSPS) is 11.2. The van der Waals surface area contributed by atoms with Crippen molar-refractivity contribution < 1.29 is 22.7 Å². The van der Waals surface area contributed by atoms with E-state index in [1.807, 2.05) is 12.3 Å². The van der Waals surface area contributed by atoms with E-state index in [2.05, 4.69) is 15.0 Å². The highest BCUT2D eigenvalue weighted by Gasteiger charge is 2.29. The van der Waals surface area contributed by atoms with Gasteiger partial charge in [-0.3, -0.25) is 5.32 Å². The van der Waals surface area contributed by atoms with Crippen LogP contribution in [0.25, 0.3) is 11.3 Å². The minimum Gasteiger partial charge on any atom is -0.440 e. The van der Waals surface area contributed by atoms with Crippen LogP contribution in [0.2, 0.25) is 0 Å². The molecule has 0 saturated carbocycles. The van der Waals surface area contributed by atoms with Crippen molar-refractivity contribution in [2.75, 3.05) is 11.9 Å². The first-order valence-electron chi connectivity index (χ1n) is 5.86. The number of ether oxygens (including phenoxy) is 1. The maximum Gasteiger partial charge on any atom is 0.422 e. The molecule has 2 aromatic rings. The van der Waals surface area contributed by atoms with Crippen LogP contribution in [0, 0.1) is 6.92 Å². The van der Waals surface area contributed by atoms with Crippen molar-refractivity contribution in [3.05, 3.63) is 34.7 Å². The molecule has 1 heterocycles. The first kappa shape index (κ1) is 15.3.